The quantitative estimate of drug-likeness (QED) is 0.284. The molecule has 1 N–H and O–H groups in total. The Balaban J connectivity index is 2.25. The maximum atomic E-state index is 12.4. The molecule has 1 aliphatic heterocycles. The first-order chi connectivity index (χ1) is 13.5. The zero-order valence-electron chi connectivity index (χ0n) is 18.3. The Hall–Kier alpha value is -1.10. The van der Waals surface area contributed by atoms with Crippen LogP contribution in [0.1, 0.15) is 96.8 Å². The highest BCUT2D eigenvalue weighted by Gasteiger charge is 2.25. The highest BCUT2D eigenvalue weighted by molar-refractivity contribution is 5.72. The molecule has 0 aromatic heterocycles. The van der Waals surface area contributed by atoms with Gasteiger partial charge in [-0.25, -0.2) is 0 Å². The van der Waals surface area contributed by atoms with Gasteiger partial charge in [0.25, 0.3) is 0 Å². The van der Waals surface area contributed by atoms with Gasteiger partial charge in [-0.15, -0.1) is 0 Å². The number of unbranched alkanes of at least 4 members (excludes halogenated alkanes) is 7. The lowest BCUT2D eigenvalue weighted by Crippen LogP contribution is -2.34. The fourth-order valence-electron chi connectivity index (χ4n) is 3.98. The first-order valence-electron chi connectivity index (χ1n) is 11.6. The first-order valence-corrected chi connectivity index (χ1v) is 11.6. The smallest absolute Gasteiger partial charge is 0.309 e. The topological polar surface area (TPSA) is 66.8 Å². The van der Waals surface area contributed by atoms with Crippen LogP contribution in [0.4, 0.5) is 0 Å². The number of carboxylic acids is 1. The largest absolute Gasteiger partial charge is 0.481 e. The molecule has 0 aromatic carbocycles. The lowest BCUT2D eigenvalue weighted by molar-refractivity contribution is -0.151. The first kappa shape index (κ1) is 24.9. The highest BCUT2D eigenvalue weighted by atomic mass is 16.5. The van der Waals surface area contributed by atoms with Crippen molar-refractivity contribution >= 4 is 11.9 Å². The fourth-order valence-corrected chi connectivity index (χ4v) is 3.98. The molecule has 1 heterocycles. The average Bonchev–Trinajstić information content (AvgIpc) is 2.67. The molecular formula is C23H43NO4. The minimum Gasteiger partial charge on any atom is -0.481 e. The number of rotatable bonds is 16. The number of nitrogens with zero attached hydrogens (tertiary/aromatic N) is 1. The maximum Gasteiger partial charge on any atom is 0.309 e. The van der Waals surface area contributed by atoms with Crippen LogP contribution < -0.4 is 0 Å². The van der Waals surface area contributed by atoms with Gasteiger partial charge in [0, 0.05) is 6.42 Å². The zero-order chi connectivity index (χ0) is 20.6. The molecular weight excluding hydrogens is 354 g/mol. The van der Waals surface area contributed by atoms with Crippen molar-refractivity contribution in [2.75, 3.05) is 26.7 Å². The summed E-state index contributed by atoms with van der Waals surface area (Å²) in [5.41, 5.74) is 0. The third-order valence-corrected chi connectivity index (χ3v) is 5.98. The van der Waals surface area contributed by atoms with Crippen LogP contribution in [0, 0.1) is 11.8 Å². The number of carboxylic acid groups (broad SMARTS) is 1. The molecule has 0 aliphatic carbocycles. The molecule has 0 bridgehead atoms. The summed E-state index contributed by atoms with van der Waals surface area (Å²) in [5, 5.41) is 8.88. The number of hydrogen-bond donors (Lipinski definition) is 1. The predicted octanol–water partition coefficient (Wildman–Crippen LogP) is 5.27. The van der Waals surface area contributed by atoms with Gasteiger partial charge in [0.15, 0.2) is 0 Å². The number of likely N-dealkylation sites (tertiary alicyclic amines) is 1. The molecule has 1 saturated heterocycles. The summed E-state index contributed by atoms with van der Waals surface area (Å²) < 4.78 is 5.65. The number of ether oxygens (including phenoxy) is 1. The second kappa shape index (κ2) is 15.8. The van der Waals surface area contributed by atoms with Gasteiger partial charge in [-0.05, 0) is 58.2 Å². The summed E-state index contributed by atoms with van der Waals surface area (Å²) in [5.74, 6) is -0.449. The van der Waals surface area contributed by atoms with Gasteiger partial charge in [0.2, 0.25) is 0 Å². The minimum atomic E-state index is -0.742. The van der Waals surface area contributed by atoms with E-state index in [4.69, 9.17) is 9.84 Å². The van der Waals surface area contributed by atoms with E-state index in [2.05, 4.69) is 18.9 Å². The molecule has 1 rings (SSSR count). The molecule has 5 heteroatoms. The van der Waals surface area contributed by atoms with Gasteiger partial charge in [0.1, 0.15) is 0 Å². The molecule has 0 spiro atoms. The molecule has 0 amide bonds. The van der Waals surface area contributed by atoms with Crippen LogP contribution in [-0.4, -0.2) is 48.7 Å². The lowest BCUT2D eigenvalue weighted by atomic mass is 9.95. The standard InChI is InChI=1S/C23H43NO4/c1-3-4-5-6-7-8-9-10-12-20(13-11-14-22(25)26)19-28-23(27)21-15-17-24(2)18-16-21/h20-21H,3-19H2,1-2H3,(H,25,26). The number of hydrogen-bond acceptors (Lipinski definition) is 4. The molecule has 0 saturated carbocycles. The molecule has 28 heavy (non-hydrogen) atoms. The summed E-state index contributed by atoms with van der Waals surface area (Å²) in [6.07, 6.45) is 14.8. The van der Waals surface area contributed by atoms with Crippen LogP contribution >= 0.6 is 0 Å². The summed E-state index contributed by atoms with van der Waals surface area (Å²) >= 11 is 0. The van der Waals surface area contributed by atoms with Crippen molar-refractivity contribution in [2.24, 2.45) is 11.8 Å². The van der Waals surface area contributed by atoms with E-state index in [1.54, 1.807) is 0 Å². The Kier molecular flexibility index (Phi) is 14.1. The highest BCUT2D eigenvalue weighted by Crippen LogP contribution is 2.21. The molecule has 1 atom stereocenters. The van der Waals surface area contributed by atoms with E-state index in [0.717, 1.165) is 45.2 Å². The SMILES string of the molecule is CCCCCCCCCCC(CCCC(=O)O)COC(=O)C1CCN(C)CC1. The Bertz CT molecular complexity index is 419. The molecule has 1 aliphatic rings. The third kappa shape index (κ3) is 12.4. The Labute approximate surface area is 172 Å². The van der Waals surface area contributed by atoms with Crippen LogP contribution in [0.5, 0.6) is 0 Å². The Morgan fingerprint density at radius 2 is 1.54 bits per heavy atom. The molecule has 164 valence electrons. The van der Waals surface area contributed by atoms with E-state index >= 15 is 0 Å². The van der Waals surface area contributed by atoms with Gasteiger partial charge in [-0.3, -0.25) is 9.59 Å². The van der Waals surface area contributed by atoms with Gasteiger partial charge >= 0.3 is 11.9 Å². The van der Waals surface area contributed by atoms with Crippen LogP contribution in [0.15, 0.2) is 0 Å². The maximum absolute atomic E-state index is 12.4. The minimum absolute atomic E-state index is 0.0407. The Morgan fingerprint density at radius 1 is 0.964 bits per heavy atom. The summed E-state index contributed by atoms with van der Waals surface area (Å²) in [6, 6.07) is 0. The molecule has 1 fully saturated rings. The van der Waals surface area contributed by atoms with Gasteiger partial charge in [-0.1, -0.05) is 58.3 Å². The second-order valence-electron chi connectivity index (χ2n) is 8.62. The lowest BCUT2D eigenvalue weighted by Gasteiger charge is -2.28. The van der Waals surface area contributed by atoms with Crippen molar-refractivity contribution in [3.8, 4) is 0 Å². The predicted molar refractivity (Wildman–Crippen MR) is 113 cm³/mol. The summed E-state index contributed by atoms with van der Waals surface area (Å²) in [7, 11) is 2.09. The zero-order valence-corrected chi connectivity index (χ0v) is 18.3. The van der Waals surface area contributed by atoms with Crippen molar-refractivity contribution in [3.05, 3.63) is 0 Å². The third-order valence-electron chi connectivity index (χ3n) is 5.98. The van der Waals surface area contributed by atoms with E-state index in [9.17, 15) is 9.59 Å². The van der Waals surface area contributed by atoms with Crippen molar-refractivity contribution in [1.82, 2.24) is 4.90 Å². The van der Waals surface area contributed by atoms with E-state index in [0.29, 0.717) is 18.9 Å². The van der Waals surface area contributed by atoms with E-state index in [1.165, 1.54) is 44.9 Å². The number of esters is 1. The summed E-state index contributed by atoms with van der Waals surface area (Å²) in [6.45, 7) is 4.62. The van der Waals surface area contributed by atoms with Crippen LogP contribution in [0.2, 0.25) is 0 Å². The van der Waals surface area contributed by atoms with Crippen LogP contribution in [-0.2, 0) is 14.3 Å². The number of carbonyl (C=O) groups is 2. The number of carbonyl (C=O) groups excluding carboxylic acids is 1. The van der Waals surface area contributed by atoms with Crippen molar-refractivity contribution in [2.45, 2.75) is 96.8 Å². The second-order valence-corrected chi connectivity index (χ2v) is 8.62. The molecule has 0 aromatic rings. The fraction of sp³-hybridized carbons (Fsp3) is 0.913. The van der Waals surface area contributed by atoms with Crippen LogP contribution in [0.25, 0.3) is 0 Å². The normalized spacial score (nSPS) is 16.8. The Morgan fingerprint density at radius 3 is 2.14 bits per heavy atom. The van der Waals surface area contributed by atoms with Crippen molar-refractivity contribution in [1.29, 1.82) is 0 Å². The van der Waals surface area contributed by atoms with Crippen LogP contribution in [0.3, 0.4) is 0 Å². The monoisotopic (exact) mass is 397 g/mol. The van der Waals surface area contributed by atoms with E-state index in [-0.39, 0.29) is 18.3 Å². The summed E-state index contributed by atoms with van der Waals surface area (Å²) in [4.78, 5) is 25.4. The number of piperidine rings is 1. The molecule has 5 nitrogen and oxygen atoms in total. The molecule has 1 unspecified atom stereocenters. The number of aliphatic carboxylic acids is 1. The van der Waals surface area contributed by atoms with Gasteiger partial charge in [-0.2, -0.15) is 0 Å². The van der Waals surface area contributed by atoms with Gasteiger partial charge < -0.3 is 14.7 Å². The van der Waals surface area contributed by atoms with Gasteiger partial charge in [0.05, 0.1) is 12.5 Å². The van der Waals surface area contributed by atoms with Crippen molar-refractivity contribution < 1.29 is 19.4 Å². The van der Waals surface area contributed by atoms with Crippen molar-refractivity contribution in [3.63, 3.8) is 0 Å². The van der Waals surface area contributed by atoms with E-state index in [1.807, 2.05) is 0 Å². The van der Waals surface area contributed by atoms with E-state index < -0.39 is 5.97 Å². The average molecular weight is 398 g/mol. The molecule has 0 radical (unpaired) electrons.